The normalized spacial score (nSPS) is 18.9. The summed E-state index contributed by atoms with van der Waals surface area (Å²) in [6.07, 6.45) is 1.45. The van der Waals surface area contributed by atoms with E-state index in [4.69, 9.17) is 22.7 Å². The van der Waals surface area contributed by atoms with Crippen LogP contribution >= 0.6 is 12.2 Å². The second-order valence-corrected chi connectivity index (χ2v) is 5.59. The number of hydrogen-bond acceptors (Lipinski definition) is 3. The maximum atomic E-state index is 12.1. The summed E-state index contributed by atoms with van der Waals surface area (Å²) >= 11 is 4.86. The van der Waals surface area contributed by atoms with Gasteiger partial charge in [0.2, 0.25) is 0 Å². The van der Waals surface area contributed by atoms with E-state index in [-0.39, 0.29) is 12.1 Å². The van der Waals surface area contributed by atoms with Crippen LogP contribution in [0.1, 0.15) is 26.7 Å². The number of urea groups is 1. The number of carbonyl (C=O) groups is 1. The summed E-state index contributed by atoms with van der Waals surface area (Å²) in [5.41, 5.74) is 5.49. The lowest BCUT2D eigenvalue weighted by atomic mass is 10.2. The molecule has 1 rings (SSSR count). The van der Waals surface area contributed by atoms with E-state index >= 15 is 0 Å². The number of nitrogens with zero attached hydrogens (tertiary/aromatic N) is 1. The minimum absolute atomic E-state index is 0.0459. The number of ether oxygens (including phenoxy) is 1. The van der Waals surface area contributed by atoms with Crippen LogP contribution in [0.4, 0.5) is 4.79 Å². The molecule has 0 aromatic heterocycles. The zero-order valence-electron chi connectivity index (χ0n) is 11.1. The van der Waals surface area contributed by atoms with Gasteiger partial charge in [-0.15, -0.1) is 0 Å². The summed E-state index contributed by atoms with van der Waals surface area (Å²) in [7, 11) is 0. The predicted octanol–water partition coefficient (Wildman–Crippen LogP) is 1.12. The maximum Gasteiger partial charge on any atom is 0.317 e. The van der Waals surface area contributed by atoms with Gasteiger partial charge in [-0.2, -0.15) is 0 Å². The van der Waals surface area contributed by atoms with Gasteiger partial charge >= 0.3 is 6.03 Å². The van der Waals surface area contributed by atoms with Gasteiger partial charge in [0.1, 0.15) is 0 Å². The summed E-state index contributed by atoms with van der Waals surface area (Å²) in [4.78, 5) is 14.3. The van der Waals surface area contributed by atoms with Gasteiger partial charge < -0.3 is 20.7 Å². The highest BCUT2D eigenvalue weighted by atomic mass is 32.1. The van der Waals surface area contributed by atoms with E-state index in [1.807, 2.05) is 0 Å². The van der Waals surface area contributed by atoms with Gasteiger partial charge in [-0.05, 0) is 12.3 Å². The first-order valence-corrected chi connectivity index (χ1v) is 6.81. The van der Waals surface area contributed by atoms with Crippen molar-refractivity contribution in [2.75, 3.05) is 26.3 Å². The lowest BCUT2D eigenvalue weighted by Gasteiger charge is -2.26. The van der Waals surface area contributed by atoms with Crippen molar-refractivity contribution < 1.29 is 9.53 Å². The van der Waals surface area contributed by atoms with Crippen LogP contribution in [0.2, 0.25) is 0 Å². The molecular weight excluding hydrogens is 250 g/mol. The van der Waals surface area contributed by atoms with Crippen LogP contribution in [-0.2, 0) is 4.74 Å². The Hall–Kier alpha value is -0.880. The zero-order chi connectivity index (χ0) is 13.5. The van der Waals surface area contributed by atoms with Gasteiger partial charge in [0.15, 0.2) is 0 Å². The van der Waals surface area contributed by atoms with Crippen molar-refractivity contribution >= 4 is 23.2 Å². The first-order chi connectivity index (χ1) is 8.49. The average molecular weight is 273 g/mol. The fourth-order valence-electron chi connectivity index (χ4n) is 1.88. The Morgan fingerprint density at radius 2 is 2.33 bits per heavy atom. The van der Waals surface area contributed by atoms with Gasteiger partial charge in [0.05, 0.1) is 17.6 Å². The second kappa shape index (κ2) is 7.53. The van der Waals surface area contributed by atoms with Crippen LogP contribution in [0.25, 0.3) is 0 Å². The first-order valence-electron chi connectivity index (χ1n) is 6.40. The standard InChI is InChI=1S/C12H23N3O2S/c1-9(2)7-15(5-3-11(13)18)12(16)14-10-4-6-17-8-10/h9-10H,3-8H2,1-2H3,(H2,13,18)(H,14,16). The highest BCUT2D eigenvalue weighted by molar-refractivity contribution is 7.80. The molecule has 1 aliphatic heterocycles. The van der Waals surface area contributed by atoms with E-state index in [0.717, 1.165) is 13.0 Å². The van der Waals surface area contributed by atoms with Crippen molar-refractivity contribution in [3.63, 3.8) is 0 Å². The van der Waals surface area contributed by atoms with Crippen LogP contribution in [-0.4, -0.2) is 48.3 Å². The highest BCUT2D eigenvalue weighted by Gasteiger charge is 2.21. The first kappa shape index (κ1) is 15.2. The Morgan fingerprint density at radius 3 is 2.83 bits per heavy atom. The molecule has 5 nitrogen and oxygen atoms in total. The summed E-state index contributed by atoms with van der Waals surface area (Å²) in [6, 6.07) is 0.0902. The largest absolute Gasteiger partial charge is 0.393 e. The van der Waals surface area contributed by atoms with E-state index in [1.54, 1.807) is 4.90 Å². The molecule has 1 aliphatic rings. The molecule has 0 aromatic rings. The van der Waals surface area contributed by atoms with Crippen LogP contribution in [0.5, 0.6) is 0 Å². The van der Waals surface area contributed by atoms with E-state index < -0.39 is 0 Å². The van der Waals surface area contributed by atoms with E-state index in [0.29, 0.717) is 37.0 Å². The lowest BCUT2D eigenvalue weighted by molar-refractivity contribution is 0.175. The molecule has 1 heterocycles. The molecule has 104 valence electrons. The Balaban J connectivity index is 2.45. The molecule has 1 atom stereocenters. The fraction of sp³-hybridized carbons (Fsp3) is 0.833. The Labute approximate surface area is 114 Å². The van der Waals surface area contributed by atoms with Crippen molar-refractivity contribution in [2.45, 2.75) is 32.7 Å². The van der Waals surface area contributed by atoms with E-state index in [2.05, 4.69) is 19.2 Å². The smallest absolute Gasteiger partial charge is 0.317 e. The van der Waals surface area contributed by atoms with Crippen LogP contribution < -0.4 is 11.1 Å². The Kier molecular flexibility index (Phi) is 6.35. The molecule has 0 aliphatic carbocycles. The van der Waals surface area contributed by atoms with Gasteiger partial charge in [0.25, 0.3) is 0 Å². The van der Waals surface area contributed by atoms with E-state index in [9.17, 15) is 4.79 Å². The summed E-state index contributed by atoms with van der Waals surface area (Å²) in [6.45, 7) is 6.78. The molecule has 18 heavy (non-hydrogen) atoms. The fourth-order valence-corrected chi connectivity index (χ4v) is 1.97. The van der Waals surface area contributed by atoms with Gasteiger partial charge in [-0.1, -0.05) is 26.1 Å². The third kappa shape index (κ3) is 5.64. The topological polar surface area (TPSA) is 67.6 Å². The van der Waals surface area contributed by atoms with Gasteiger partial charge in [-0.3, -0.25) is 0 Å². The second-order valence-electron chi connectivity index (χ2n) is 5.07. The Bertz CT molecular complexity index is 291. The van der Waals surface area contributed by atoms with Crippen molar-refractivity contribution in [3.8, 4) is 0 Å². The third-order valence-electron chi connectivity index (χ3n) is 2.76. The summed E-state index contributed by atoms with van der Waals surface area (Å²) < 4.78 is 5.24. The van der Waals surface area contributed by atoms with Crippen molar-refractivity contribution in [2.24, 2.45) is 11.7 Å². The molecule has 0 saturated carbocycles. The molecule has 6 heteroatoms. The molecular formula is C12H23N3O2S. The number of nitrogens with two attached hydrogens (primary N) is 1. The molecule has 1 unspecified atom stereocenters. The Morgan fingerprint density at radius 1 is 1.61 bits per heavy atom. The zero-order valence-corrected chi connectivity index (χ0v) is 12.0. The SMILES string of the molecule is CC(C)CN(CCC(N)=S)C(=O)NC1CCOC1. The van der Waals surface area contributed by atoms with Crippen molar-refractivity contribution in [1.29, 1.82) is 0 Å². The predicted molar refractivity (Wildman–Crippen MR) is 75.6 cm³/mol. The average Bonchev–Trinajstić information content (AvgIpc) is 2.76. The molecule has 0 radical (unpaired) electrons. The number of amides is 2. The van der Waals surface area contributed by atoms with Crippen molar-refractivity contribution in [3.05, 3.63) is 0 Å². The quantitative estimate of drug-likeness (QED) is 0.712. The number of hydrogen-bond donors (Lipinski definition) is 2. The molecule has 1 fully saturated rings. The minimum Gasteiger partial charge on any atom is -0.393 e. The van der Waals surface area contributed by atoms with Crippen LogP contribution in [0, 0.1) is 5.92 Å². The number of carbonyl (C=O) groups excluding carboxylic acids is 1. The number of rotatable bonds is 6. The monoisotopic (exact) mass is 273 g/mol. The molecule has 2 amide bonds. The summed E-state index contributed by atoms with van der Waals surface area (Å²) in [5, 5.41) is 2.99. The third-order valence-corrected chi connectivity index (χ3v) is 2.96. The lowest BCUT2D eigenvalue weighted by Crippen LogP contribution is -2.47. The summed E-state index contributed by atoms with van der Waals surface area (Å²) in [5.74, 6) is 0.418. The van der Waals surface area contributed by atoms with E-state index in [1.165, 1.54) is 0 Å². The number of thiocarbonyl (C=S) groups is 1. The highest BCUT2D eigenvalue weighted by Crippen LogP contribution is 2.06. The van der Waals surface area contributed by atoms with Gasteiger partial charge in [0, 0.05) is 26.1 Å². The van der Waals surface area contributed by atoms with Crippen molar-refractivity contribution in [1.82, 2.24) is 10.2 Å². The molecule has 1 saturated heterocycles. The number of nitrogens with one attached hydrogen (secondary N) is 1. The molecule has 0 bridgehead atoms. The van der Waals surface area contributed by atoms with Crippen LogP contribution in [0.15, 0.2) is 0 Å². The molecule has 0 aromatic carbocycles. The minimum atomic E-state index is -0.0459. The molecule has 0 spiro atoms. The maximum absolute atomic E-state index is 12.1. The van der Waals surface area contributed by atoms with Crippen LogP contribution in [0.3, 0.4) is 0 Å². The molecule has 3 N–H and O–H groups in total. The van der Waals surface area contributed by atoms with Gasteiger partial charge in [-0.25, -0.2) is 4.79 Å².